The number of nitro benzene ring substituents is 1. The van der Waals surface area contributed by atoms with Gasteiger partial charge in [0.15, 0.2) is 0 Å². The number of amides is 1. The summed E-state index contributed by atoms with van der Waals surface area (Å²) in [6, 6.07) is 17.2. The zero-order valence-electron chi connectivity index (χ0n) is 20.2. The van der Waals surface area contributed by atoms with Gasteiger partial charge < -0.3 is 19.7 Å². The molecule has 1 aliphatic rings. The zero-order valence-corrected chi connectivity index (χ0v) is 21.8. The van der Waals surface area contributed by atoms with Crippen LogP contribution in [0.2, 0.25) is 0 Å². The average molecular weight is 576 g/mol. The van der Waals surface area contributed by atoms with Crippen LogP contribution in [0.4, 0.5) is 5.69 Å². The van der Waals surface area contributed by atoms with Gasteiger partial charge in [-0.2, -0.15) is 0 Å². The van der Waals surface area contributed by atoms with E-state index in [4.69, 9.17) is 4.74 Å². The Hall–Kier alpha value is -4.44. The van der Waals surface area contributed by atoms with E-state index in [0.29, 0.717) is 17.7 Å². The molecule has 38 heavy (non-hydrogen) atoms. The van der Waals surface area contributed by atoms with Crippen molar-refractivity contribution < 1.29 is 24.4 Å². The van der Waals surface area contributed by atoms with Crippen LogP contribution in [0.5, 0.6) is 5.75 Å². The van der Waals surface area contributed by atoms with Gasteiger partial charge in [-0.15, -0.1) is 0 Å². The van der Waals surface area contributed by atoms with Crippen LogP contribution in [-0.2, 0) is 16.0 Å². The first-order valence-corrected chi connectivity index (χ1v) is 12.5. The predicted molar refractivity (Wildman–Crippen MR) is 145 cm³/mol. The van der Waals surface area contributed by atoms with Crippen molar-refractivity contribution in [2.45, 2.75) is 12.5 Å². The Morgan fingerprint density at radius 1 is 1.11 bits per heavy atom. The molecule has 0 unspecified atom stereocenters. The second-order valence-electron chi connectivity index (χ2n) is 8.82. The number of ether oxygens (including phenoxy) is 1. The number of rotatable bonds is 7. The Labute approximate surface area is 225 Å². The van der Waals surface area contributed by atoms with Crippen molar-refractivity contribution >= 4 is 50.0 Å². The maximum absolute atomic E-state index is 13.3. The Morgan fingerprint density at radius 2 is 1.82 bits per heavy atom. The zero-order chi connectivity index (χ0) is 27.0. The van der Waals surface area contributed by atoms with E-state index in [1.165, 1.54) is 29.2 Å². The van der Waals surface area contributed by atoms with E-state index in [1.54, 1.807) is 31.4 Å². The lowest BCUT2D eigenvalue weighted by molar-refractivity contribution is -0.384. The summed E-state index contributed by atoms with van der Waals surface area (Å²) in [7, 11) is 1.59. The number of nitrogens with one attached hydrogen (secondary N) is 1. The fourth-order valence-electron chi connectivity index (χ4n) is 4.73. The molecule has 0 saturated carbocycles. The van der Waals surface area contributed by atoms with Crippen LogP contribution in [0.25, 0.3) is 16.7 Å². The SMILES string of the molecule is COc1ccc2[nH]cc(CCN3C(=O)C(=O)C(=C(O)c4ccc([N+](=O)[O-])cc4)[C@H]3c3ccc(Br)cc3)c2c1. The quantitative estimate of drug-likeness (QED) is 0.0983. The Kier molecular flexibility index (Phi) is 6.73. The summed E-state index contributed by atoms with van der Waals surface area (Å²) in [6.45, 7) is 0.215. The van der Waals surface area contributed by atoms with E-state index in [1.807, 2.05) is 24.4 Å². The molecule has 0 aliphatic carbocycles. The lowest BCUT2D eigenvalue weighted by Gasteiger charge is -2.25. The highest BCUT2D eigenvalue weighted by Crippen LogP contribution is 2.40. The van der Waals surface area contributed by atoms with Crippen molar-refractivity contribution in [2.24, 2.45) is 0 Å². The lowest BCUT2D eigenvalue weighted by atomic mass is 9.95. The molecule has 4 aromatic rings. The molecule has 9 nitrogen and oxygen atoms in total. The van der Waals surface area contributed by atoms with Gasteiger partial charge in [-0.3, -0.25) is 19.7 Å². The van der Waals surface area contributed by atoms with Crippen molar-refractivity contribution in [1.29, 1.82) is 0 Å². The normalized spacial score (nSPS) is 16.8. The number of carbonyl (C=O) groups excluding carboxylic acids is 2. The molecule has 192 valence electrons. The van der Waals surface area contributed by atoms with Crippen molar-refractivity contribution in [2.75, 3.05) is 13.7 Å². The molecule has 1 aliphatic heterocycles. The fourth-order valence-corrected chi connectivity index (χ4v) is 5.00. The standard InChI is InChI=1S/C28H22BrN3O6/c1-38-21-10-11-23-22(14-21)18(15-30-23)12-13-31-25(16-2-6-19(29)7-3-16)24(27(34)28(31)35)26(33)17-4-8-20(9-5-17)32(36)37/h2-11,14-15,25,30,33H,12-13H2,1H3/t25-/m1/s1. The van der Waals surface area contributed by atoms with Crippen LogP contribution in [-0.4, -0.2) is 45.3 Å². The van der Waals surface area contributed by atoms with Gasteiger partial charge in [-0.1, -0.05) is 28.1 Å². The molecule has 2 heterocycles. The minimum absolute atomic E-state index is 0.0632. The number of aromatic amines is 1. The number of aliphatic hydroxyl groups excluding tert-OH is 1. The summed E-state index contributed by atoms with van der Waals surface area (Å²) in [6.07, 6.45) is 2.32. The first-order valence-electron chi connectivity index (χ1n) is 11.7. The maximum atomic E-state index is 13.3. The van der Waals surface area contributed by atoms with E-state index in [-0.39, 0.29) is 29.1 Å². The van der Waals surface area contributed by atoms with Crippen LogP contribution in [0.3, 0.4) is 0 Å². The number of H-pyrrole nitrogens is 1. The summed E-state index contributed by atoms with van der Waals surface area (Å²) in [5.41, 5.74) is 2.51. The van der Waals surface area contributed by atoms with Crippen LogP contribution in [0.15, 0.2) is 83.0 Å². The van der Waals surface area contributed by atoms with Gasteiger partial charge >= 0.3 is 0 Å². The summed E-state index contributed by atoms with van der Waals surface area (Å²) in [4.78, 5) is 41.7. The summed E-state index contributed by atoms with van der Waals surface area (Å²) >= 11 is 3.41. The number of likely N-dealkylation sites (tertiary alicyclic amines) is 1. The highest BCUT2D eigenvalue weighted by Gasteiger charge is 2.45. The lowest BCUT2D eigenvalue weighted by Crippen LogP contribution is -2.31. The number of fused-ring (bicyclic) bond motifs is 1. The van der Waals surface area contributed by atoms with Crippen LogP contribution >= 0.6 is 15.9 Å². The third-order valence-electron chi connectivity index (χ3n) is 6.67. The average Bonchev–Trinajstić information content (AvgIpc) is 3.44. The van der Waals surface area contributed by atoms with Crippen molar-refractivity contribution in [3.05, 3.63) is 110 Å². The van der Waals surface area contributed by atoms with E-state index in [9.17, 15) is 24.8 Å². The molecule has 10 heteroatoms. The molecule has 5 rings (SSSR count). The monoisotopic (exact) mass is 575 g/mol. The number of hydrogen-bond acceptors (Lipinski definition) is 6. The number of aliphatic hydroxyl groups is 1. The highest BCUT2D eigenvalue weighted by atomic mass is 79.9. The minimum atomic E-state index is -0.835. The van der Waals surface area contributed by atoms with Gasteiger partial charge in [-0.25, -0.2) is 0 Å². The van der Waals surface area contributed by atoms with E-state index in [2.05, 4.69) is 20.9 Å². The number of ketones is 1. The molecule has 0 radical (unpaired) electrons. The molecule has 2 N–H and O–H groups in total. The number of hydrogen-bond donors (Lipinski definition) is 2. The summed E-state index contributed by atoms with van der Waals surface area (Å²) in [5.74, 6) is -1.21. The number of aromatic nitrogens is 1. The van der Waals surface area contributed by atoms with Gasteiger partial charge in [0, 0.05) is 45.8 Å². The molecule has 1 saturated heterocycles. The van der Waals surface area contributed by atoms with Gasteiger partial charge in [0.25, 0.3) is 17.4 Å². The molecular formula is C28H22BrN3O6. The van der Waals surface area contributed by atoms with Crippen molar-refractivity contribution in [1.82, 2.24) is 9.88 Å². The number of halogens is 1. The molecule has 1 amide bonds. The van der Waals surface area contributed by atoms with E-state index < -0.39 is 22.7 Å². The van der Waals surface area contributed by atoms with Gasteiger partial charge in [0.1, 0.15) is 11.5 Å². The molecule has 1 fully saturated rings. The van der Waals surface area contributed by atoms with Crippen LogP contribution < -0.4 is 4.74 Å². The van der Waals surface area contributed by atoms with Gasteiger partial charge in [0.2, 0.25) is 0 Å². The molecule has 0 bridgehead atoms. The first kappa shape index (κ1) is 25.2. The Morgan fingerprint density at radius 3 is 2.47 bits per heavy atom. The molecule has 1 atom stereocenters. The van der Waals surface area contributed by atoms with Crippen LogP contribution in [0.1, 0.15) is 22.7 Å². The smallest absolute Gasteiger partial charge is 0.295 e. The number of nitro groups is 1. The second kappa shape index (κ2) is 10.1. The second-order valence-corrected chi connectivity index (χ2v) is 9.74. The van der Waals surface area contributed by atoms with Gasteiger partial charge in [0.05, 0.1) is 23.6 Å². The van der Waals surface area contributed by atoms with E-state index >= 15 is 0 Å². The molecule has 0 spiro atoms. The largest absolute Gasteiger partial charge is 0.507 e. The topological polar surface area (TPSA) is 126 Å². The molecule has 3 aromatic carbocycles. The summed E-state index contributed by atoms with van der Waals surface area (Å²) in [5, 5.41) is 23.2. The van der Waals surface area contributed by atoms with Crippen molar-refractivity contribution in [3.63, 3.8) is 0 Å². The number of non-ortho nitro benzene ring substituents is 1. The molecule has 1 aromatic heterocycles. The van der Waals surface area contributed by atoms with E-state index in [0.717, 1.165) is 20.9 Å². The minimum Gasteiger partial charge on any atom is -0.507 e. The highest BCUT2D eigenvalue weighted by molar-refractivity contribution is 9.10. The van der Waals surface area contributed by atoms with Crippen LogP contribution in [0, 0.1) is 10.1 Å². The first-order chi connectivity index (χ1) is 18.3. The number of benzene rings is 3. The Bertz CT molecular complexity index is 1590. The molecular weight excluding hydrogens is 554 g/mol. The van der Waals surface area contributed by atoms with Gasteiger partial charge in [-0.05, 0) is 60.0 Å². The number of Topliss-reactive ketones (excluding diaryl/α,β-unsaturated/α-hetero) is 1. The third kappa shape index (κ3) is 4.54. The number of methoxy groups -OCH3 is 1. The third-order valence-corrected chi connectivity index (χ3v) is 7.20. The van der Waals surface area contributed by atoms with Crippen molar-refractivity contribution in [3.8, 4) is 5.75 Å². The number of carbonyl (C=O) groups is 2. The fraction of sp³-hybridized carbons (Fsp3) is 0.143. The predicted octanol–water partition coefficient (Wildman–Crippen LogP) is 5.51. The Balaban J connectivity index is 1.54. The summed E-state index contributed by atoms with van der Waals surface area (Å²) < 4.78 is 6.17. The maximum Gasteiger partial charge on any atom is 0.295 e. The number of nitrogens with zero attached hydrogens (tertiary/aromatic N) is 2.